The van der Waals surface area contributed by atoms with Crippen molar-refractivity contribution in [2.24, 2.45) is 0 Å². The molecule has 0 spiro atoms. The van der Waals surface area contributed by atoms with E-state index in [-0.39, 0.29) is 0 Å². The first-order valence-corrected chi connectivity index (χ1v) is 5.22. The van der Waals surface area contributed by atoms with Crippen molar-refractivity contribution in [2.75, 3.05) is 20.7 Å². The van der Waals surface area contributed by atoms with Crippen molar-refractivity contribution < 1.29 is 4.74 Å². The highest BCUT2D eigenvalue weighted by Gasteiger charge is 1.99. The van der Waals surface area contributed by atoms with Crippen LogP contribution >= 0.6 is 15.9 Å². The molecule has 0 saturated heterocycles. The van der Waals surface area contributed by atoms with Crippen molar-refractivity contribution in [3.8, 4) is 5.75 Å². The number of nitrogens with one attached hydrogen (secondary N) is 1. The van der Waals surface area contributed by atoms with Crippen LogP contribution in [0.4, 0.5) is 0 Å². The van der Waals surface area contributed by atoms with Gasteiger partial charge in [-0.2, -0.15) is 0 Å². The number of likely N-dealkylation sites (N-methyl/N-ethyl adjacent to an activating group) is 1. The second-order valence-electron chi connectivity index (χ2n) is 2.85. The number of ether oxygens (including phenoxy) is 1. The molecule has 0 aliphatic carbocycles. The summed E-state index contributed by atoms with van der Waals surface area (Å²) in [5, 5.41) is 3.05. The quantitative estimate of drug-likeness (QED) is 0.894. The fourth-order valence-corrected chi connectivity index (χ4v) is 1.47. The van der Waals surface area contributed by atoms with Gasteiger partial charge < -0.3 is 10.1 Å². The summed E-state index contributed by atoms with van der Waals surface area (Å²) >= 11 is 3.40. The predicted molar refractivity (Wildman–Crippen MR) is 63.7 cm³/mol. The molecule has 0 heterocycles. The second kappa shape index (κ2) is 5.83. The van der Waals surface area contributed by atoms with E-state index in [9.17, 15) is 0 Å². The number of hydrogen-bond acceptors (Lipinski definition) is 2. The standard InChI is InChI=1S/C11H14BrNO/c1-13-7-3-4-9-5-6-10(12)8-11(9)14-2/h3-6,8,13H,7H2,1-2H3. The third-order valence-corrected chi connectivity index (χ3v) is 2.31. The van der Waals surface area contributed by atoms with E-state index in [0.29, 0.717) is 0 Å². The first-order valence-electron chi connectivity index (χ1n) is 4.42. The topological polar surface area (TPSA) is 21.3 Å². The normalized spacial score (nSPS) is 10.8. The Morgan fingerprint density at radius 1 is 1.50 bits per heavy atom. The minimum Gasteiger partial charge on any atom is -0.496 e. The van der Waals surface area contributed by atoms with Gasteiger partial charge in [0.1, 0.15) is 5.75 Å². The zero-order valence-electron chi connectivity index (χ0n) is 8.38. The van der Waals surface area contributed by atoms with Crippen LogP contribution in [-0.4, -0.2) is 20.7 Å². The third kappa shape index (κ3) is 3.16. The molecule has 0 atom stereocenters. The molecule has 1 N–H and O–H groups in total. The van der Waals surface area contributed by atoms with Crippen molar-refractivity contribution in [1.82, 2.24) is 5.32 Å². The van der Waals surface area contributed by atoms with Crippen molar-refractivity contribution in [2.45, 2.75) is 0 Å². The van der Waals surface area contributed by atoms with E-state index < -0.39 is 0 Å². The Balaban J connectivity index is 2.85. The van der Waals surface area contributed by atoms with Gasteiger partial charge in [0.15, 0.2) is 0 Å². The van der Waals surface area contributed by atoms with Crippen molar-refractivity contribution in [3.05, 3.63) is 34.3 Å². The summed E-state index contributed by atoms with van der Waals surface area (Å²) in [7, 11) is 3.60. The SMILES string of the molecule is CNCC=Cc1ccc(Br)cc1OC. The van der Waals surface area contributed by atoms with Crippen LogP contribution in [0.2, 0.25) is 0 Å². The molecule has 1 rings (SSSR count). The molecule has 0 aromatic heterocycles. The molecule has 76 valence electrons. The summed E-state index contributed by atoms with van der Waals surface area (Å²) in [5.41, 5.74) is 1.09. The second-order valence-corrected chi connectivity index (χ2v) is 3.76. The zero-order valence-corrected chi connectivity index (χ0v) is 9.97. The fourth-order valence-electron chi connectivity index (χ4n) is 1.13. The number of benzene rings is 1. The average molecular weight is 256 g/mol. The predicted octanol–water partition coefficient (Wildman–Crippen LogP) is 2.69. The summed E-state index contributed by atoms with van der Waals surface area (Å²) < 4.78 is 6.28. The van der Waals surface area contributed by atoms with Gasteiger partial charge >= 0.3 is 0 Å². The van der Waals surface area contributed by atoms with E-state index in [1.807, 2.05) is 31.3 Å². The Labute approximate surface area is 93.1 Å². The lowest BCUT2D eigenvalue weighted by atomic mass is 10.2. The molecule has 2 nitrogen and oxygen atoms in total. The van der Waals surface area contributed by atoms with Crippen molar-refractivity contribution in [1.29, 1.82) is 0 Å². The maximum Gasteiger partial charge on any atom is 0.127 e. The number of methoxy groups -OCH3 is 1. The Morgan fingerprint density at radius 3 is 2.93 bits per heavy atom. The average Bonchev–Trinajstić information content (AvgIpc) is 2.20. The van der Waals surface area contributed by atoms with Crippen LogP contribution in [0.1, 0.15) is 5.56 Å². The number of rotatable bonds is 4. The molecular weight excluding hydrogens is 242 g/mol. The zero-order chi connectivity index (χ0) is 10.4. The number of hydrogen-bond donors (Lipinski definition) is 1. The minimum absolute atomic E-state index is 0.860. The molecule has 0 aliphatic heterocycles. The molecule has 0 amide bonds. The van der Waals surface area contributed by atoms with E-state index in [0.717, 1.165) is 22.3 Å². The van der Waals surface area contributed by atoms with Gasteiger partial charge in [-0.05, 0) is 19.2 Å². The van der Waals surface area contributed by atoms with Crippen LogP contribution in [-0.2, 0) is 0 Å². The maximum absolute atomic E-state index is 5.26. The van der Waals surface area contributed by atoms with Gasteiger partial charge in [0.2, 0.25) is 0 Å². The Kier molecular flexibility index (Phi) is 4.70. The van der Waals surface area contributed by atoms with Gasteiger partial charge in [0, 0.05) is 16.6 Å². The van der Waals surface area contributed by atoms with Gasteiger partial charge in [0.05, 0.1) is 7.11 Å². The maximum atomic E-state index is 5.26. The van der Waals surface area contributed by atoms with Crippen LogP contribution in [0.15, 0.2) is 28.7 Å². The summed E-state index contributed by atoms with van der Waals surface area (Å²) in [6, 6.07) is 5.98. The van der Waals surface area contributed by atoms with E-state index in [1.54, 1.807) is 7.11 Å². The monoisotopic (exact) mass is 255 g/mol. The molecular formula is C11H14BrNO. The minimum atomic E-state index is 0.860. The highest BCUT2D eigenvalue weighted by molar-refractivity contribution is 9.10. The first-order chi connectivity index (χ1) is 6.77. The highest BCUT2D eigenvalue weighted by Crippen LogP contribution is 2.24. The lowest BCUT2D eigenvalue weighted by Crippen LogP contribution is -2.03. The fraction of sp³-hybridized carbons (Fsp3) is 0.273. The molecule has 0 unspecified atom stereocenters. The Bertz CT molecular complexity index is 323. The molecule has 1 aromatic rings. The van der Waals surface area contributed by atoms with Gasteiger partial charge in [-0.25, -0.2) is 0 Å². The highest BCUT2D eigenvalue weighted by atomic mass is 79.9. The summed E-state index contributed by atoms with van der Waals surface area (Å²) in [5.74, 6) is 0.881. The molecule has 14 heavy (non-hydrogen) atoms. The van der Waals surface area contributed by atoms with E-state index in [2.05, 4.69) is 27.3 Å². The lowest BCUT2D eigenvalue weighted by Gasteiger charge is -2.04. The van der Waals surface area contributed by atoms with Crippen LogP contribution in [0.3, 0.4) is 0 Å². The summed E-state index contributed by atoms with van der Waals surface area (Å²) in [6.45, 7) is 0.860. The molecule has 0 saturated carbocycles. The first kappa shape index (κ1) is 11.3. The number of halogens is 1. The van der Waals surface area contributed by atoms with E-state index >= 15 is 0 Å². The lowest BCUT2D eigenvalue weighted by molar-refractivity contribution is 0.413. The van der Waals surface area contributed by atoms with Crippen LogP contribution in [0.5, 0.6) is 5.75 Å². The van der Waals surface area contributed by atoms with Crippen LogP contribution in [0.25, 0.3) is 6.08 Å². The Hall–Kier alpha value is -0.800. The molecule has 0 bridgehead atoms. The Morgan fingerprint density at radius 2 is 2.29 bits per heavy atom. The van der Waals surface area contributed by atoms with Gasteiger partial charge in [-0.15, -0.1) is 0 Å². The molecule has 3 heteroatoms. The third-order valence-electron chi connectivity index (χ3n) is 1.81. The van der Waals surface area contributed by atoms with Crippen LogP contribution in [0, 0.1) is 0 Å². The smallest absolute Gasteiger partial charge is 0.127 e. The van der Waals surface area contributed by atoms with E-state index in [1.165, 1.54) is 0 Å². The van der Waals surface area contributed by atoms with Gasteiger partial charge in [-0.3, -0.25) is 0 Å². The molecule has 0 radical (unpaired) electrons. The van der Waals surface area contributed by atoms with E-state index in [4.69, 9.17) is 4.74 Å². The molecule has 0 fully saturated rings. The largest absolute Gasteiger partial charge is 0.496 e. The summed E-state index contributed by atoms with van der Waals surface area (Å²) in [4.78, 5) is 0. The van der Waals surface area contributed by atoms with Crippen molar-refractivity contribution in [3.63, 3.8) is 0 Å². The van der Waals surface area contributed by atoms with Gasteiger partial charge in [-0.1, -0.05) is 34.1 Å². The van der Waals surface area contributed by atoms with Crippen molar-refractivity contribution >= 4 is 22.0 Å². The van der Waals surface area contributed by atoms with Gasteiger partial charge in [0.25, 0.3) is 0 Å². The molecule has 0 aliphatic rings. The molecule has 1 aromatic carbocycles. The summed E-state index contributed by atoms with van der Waals surface area (Å²) in [6.07, 6.45) is 4.10. The van der Waals surface area contributed by atoms with Crippen LogP contribution < -0.4 is 10.1 Å².